The third-order valence-electron chi connectivity index (χ3n) is 5.30. The van der Waals surface area contributed by atoms with Gasteiger partial charge in [0.05, 0.1) is 17.4 Å². The van der Waals surface area contributed by atoms with E-state index in [0.29, 0.717) is 11.3 Å². The van der Waals surface area contributed by atoms with E-state index in [1.807, 2.05) is 0 Å². The van der Waals surface area contributed by atoms with Crippen molar-refractivity contribution in [2.24, 2.45) is 0 Å². The molecule has 0 aliphatic heterocycles. The molecule has 0 atom stereocenters. The Morgan fingerprint density at radius 2 is 1.78 bits per heavy atom. The standard InChI is InChI=1S/C20H24F3N3O/c1-14-9-7-8-12-17(14)26-18(20(21,22)23)16(13-24-26)19(27)25(2)15-10-5-3-4-6-11-15/h7-9,12-13,15H,3-6,10-11H2,1-2H3. The molecule has 0 spiro atoms. The molecule has 0 bridgehead atoms. The van der Waals surface area contributed by atoms with Crippen LogP contribution in [0.25, 0.3) is 5.69 Å². The number of hydrogen-bond acceptors (Lipinski definition) is 2. The highest BCUT2D eigenvalue weighted by atomic mass is 19.4. The zero-order valence-corrected chi connectivity index (χ0v) is 15.6. The van der Waals surface area contributed by atoms with Crippen molar-refractivity contribution < 1.29 is 18.0 Å². The lowest BCUT2D eigenvalue weighted by molar-refractivity contribution is -0.143. The Morgan fingerprint density at radius 3 is 2.37 bits per heavy atom. The Hall–Kier alpha value is -2.31. The lowest BCUT2D eigenvalue weighted by Crippen LogP contribution is -2.37. The molecule has 3 rings (SSSR count). The van der Waals surface area contributed by atoms with E-state index in [1.54, 1.807) is 38.2 Å². The van der Waals surface area contributed by atoms with Crippen molar-refractivity contribution in [2.75, 3.05) is 7.05 Å². The molecule has 0 unspecified atom stereocenters. The number of rotatable bonds is 3. The number of nitrogens with zero attached hydrogens (tertiary/aromatic N) is 3. The largest absolute Gasteiger partial charge is 0.434 e. The summed E-state index contributed by atoms with van der Waals surface area (Å²) in [5.74, 6) is -0.617. The van der Waals surface area contributed by atoms with E-state index < -0.39 is 23.3 Å². The molecule has 1 fully saturated rings. The maximum absolute atomic E-state index is 13.9. The zero-order valence-electron chi connectivity index (χ0n) is 15.6. The summed E-state index contributed by atoms with van der Waals surface area (Å²) in [6, 6.07) is 6.67. The second-order valence-corrected chi connectivity index (χ2v) is 7.16. The molecular formula is C20H24F3N3O. The molecule has 0 saturated heterocycles. The molecular weight excluding hydrogens is 355 g/mol. The molecule has 4 nitrogen and oxygen atoms in total. The van der Waals surface area contributed by atoms with Gasteiger partial charge in [-0.1, -0.05) is 43.9 Å². The normalized spacial score (nSPS) is 16.2. The van der Waals surface area contributed by atoms with Crippen LogP contribution in [0.4, 0.5) is 13.2 Å². The number of carbonyl (C=O) groups excluding carboxylic acids is 1. The highest BCUT2D eigenvalue weighted by Gasteiger charge is 2.41. The SMILES string of the molecule is Cc1ccccc1-n1ncc(C(=O)N(C)C2CCCCCC2)c1C(F)(F)F. The highest BCUT2D eigenvalue weighted by Crippen LogP contribution is 2.35. The van der Waals surface area contributed by atoms with Crippen LogP contribution >= 0.6 is 0 Å². The predicted molar refractivity (Wildman–Crippen MR) is 96.9 cm³/mol. The number of alkyl halides is 3. The summed E-state index contributed by atoms with van der Waals surface area (Å²) in [5, 5.41) is 3.93. The maximum Gasteiger partial charge on any atom is 0.434 e. The van der Waals surface area contributed by atoms with Gasteiger partial charge in [-0.25, -0.2) is 4.68 Å². The van der Waals surface area contributed by atoms with Gasteiger partial charge in [-0.15, -0.1) is 0 Å². The lowest BCUT2D eigenvalue weighted by Gasteiger charge is -2.27. The first kappa shape index (κ1) is 19.5. The molecule has 1 heterocycles. The monoisotopic (exact) mass is 379 g/mol. The van der Waals surface area contributed by atoms with Crippen LogP contribution in [-0.2, 0) is 6.18 Å². The van der Waals surface area contributed by atoms with Crippen LogP contribution in [0.2, 0.25) is 0 Å². The first-order valence-electron chi connectivity index (χ1n) is 9.29. The molecule has 0 N–H and O–H groups in total. The van der Waals surface area contributed by atoms with Gasteiger partial charge in [-0.3, -0.25) is 4.79 Å². The Bertz CT molecular complexity index is 805. The minimum absolute atomic E-state index is 0.0251. The number of para-hydroxylation sites is 1. The van der Waals surface area contributed by atoms with E-state index in [1.165, 1.54) is 4.90 Å². The number of hydrogen-bond donors (Lipinski definition) is 0. The summed E-state index contributed by atoms with van der Waals surface area (Å²) in [5.41, 5.74) is -0.428. The average molecular weight is 379 g/mol. The summed E-state index contributed by atoms with van der Waals surface area (Å²) in [6.07, 6.45) is 2.23. The Morgan fingerprint density at radius 1 is 1.15 bits per heavy atom. The molecule has 1 aliphatic carbocycles. The fourth-order valence-corrected chi connectivity index (χ4v) is 3.76. The number of benzene rings is 1. The molecule has 146 valence electrons. The van der Waals surface area contributed by atoms with Gasteiger partial charge in [0.1, 0.15) is 0 Å². The third kappa shape index (κ3) is 4.01. The Balaban J connectivity index is 2.00. The maximum atomic E-state index is 13.9. The molecule has 27 heavy (non-hydrogen) atoms. The van der Waals surface area contributed by atoms with Crippen molar-refractivity contribution in [1.29, 1.82) is 0 Å². The van der Waals surface area contributed by atoms with Gasteiger partial charge in [0.25, 0.3) is 5.91 Å². The Labute approximate surface area is 157 Å². The summed E-state index contributed by atoms with van der Waals surface area (Å²) >= 11 is 0. The number of carbonyl (C=O) groups is 1. The molecule has 1 amide bonds. The summed E-state index contributed by atoms with van der Waals surface area (Å²) in [7, 11) is 1.60. The molecule has 1 aromatic carbocycles. The fraction of sp³-hybridized carbons (Fsp3) is 0.500. The fourth-order valence-electron chi connectivity index (χ4n) is 3.76. The summed E-state index contributed by atoms with van der Waals surface area (Å²) < 4.78 is 42.4. The lowest BCUT2D eigenvalue weighted by atomic mass is 10.1. The topological polar surface area (TPSA) is 38.1 Å². The van der Waals surface area contributed by atoms with Crippen LogP contribution in [0.15, 0.2) is 30.5 Å². The van der Waals surface area contributed by atoms with Gasteiger partial charge in [-0.05, 0) is 31.4 Å². The average Bonchev–Trinajstić information content (AvgIpc) is 2.89. The minimum atomic E-state index is -4.69. The van der Waals surface area contributed by atoms with Gasteiger partial charge < -0.3 is 4.90 Å². The smallest absolute Gasteiger partial charge is 0.339 e. The quantitative estimate of drug-likeness (QED) is 0.705. The van der Waals surface area contributed by atoms with E-state index in [4.69, 9.17) is 0 Å². The second-order valence-electron chi connectivity index (χ2n) is 7.16. The van der Waals surface area contributed by atoms with E-state index in [-0.39, 0.29) is 6.04 Å². The first-order chi connectivity index (χ1) is 12.8. The molecule has 7 heteroatoms. The number of halogens is 3. The van der Waals surface area contributed by atoms with Crippen LogP contribution in [-0.4, -0.2) is 33.7 Å². The van der Waals surface area contributed by atoms with Crippen molar-refractivity contribution in [3.8, 4) is 5.69 Å². The Kier molecular flexibility index (Phi) is 5.58. The third-order valence-corrected chi connectivity index (χ3v) is 5.30. The molecule has 1 aromatic heterocycles. The van der Waals surface area contributed by atoms with Gasteiger partial charge in [-0.2, -0.15) is 18.3 Å². The van der Waals surface area contributed by atoms with Gasteiger partial charge in [0, 0.05) is 13.1 Å². The van der Waals surface area contributed by atoms with Crippen LogP contribution in [0.3, 0.4) is 0 Å². The van der Waals surface area contributed by atoms with Crippen molar-refractivity contribution >= 4 is 5.91 Å². The molecule has 1 aliphatic rings. The molecule has 2 aromatic rings. The van der Waals surface area contributed by atoms with Crippen LogP contribution in [0.5, 0.6) is 0 Å². The summed E-state index contributed by atoms with van der Waals surface area (Å²) in [4.78, 5) is 14.4. The van der Waals surface area contributed by atoms with E-state index >= 15 is 0 Å². The van der Waals surface area contributed by atoms with Crippen molar-refractivity contribution in [2.45, 2.75) is 57.7 Å². The van der Waals surface area contributed by atoms with Crippen molar-refractivity contribution in [3.63, 3.8) is 0 Å². The van der Waals surface area contributed by atoms with E-state index in [9.17, 15) is 18.0 Å². The first-order valence-corrected chi connectivity index (χ1v) is 9.29. The van der Waals surface area contributed by atoms with Crippen LogP contribution in [0.1, 0.15) is 60.1 Å². The van der Waals surface area contributed by atoms with Gasteiger partial charge >= 0.3 is 6.18 Å². The van der Waals surface area contributed by atoms with E-state index in [2.05, 4.69) is 5.10 Å². The van der Waals surface area contributed by atoms with Gasteiger partial charge in [0.2, 0.25) is 0 Å². The highest BCUT2D eigenvalue weighted by molar-refractivity contribution is 5.95. The van der Waals surface area contributed by atoms with Crippen molar-refractivity contribution in [1.82, 2.24) is 14.7 Å². The minimum Gasteiger partial charge on any atom is -0.339 e. The molecule has 0 radical (unpaired) electrons. The second kappa shape index (κ2) is 7.74. The zero-order chi connectivity index (χ0) is 19.6. The van der Waals surface area contributed by atoms with Gasteiger partial charge in [0.15, 0.2) is 5.69 Å². The molecule has 1 saturated carbocycles. The number of aromatic nitrogens is 2. The van der Waals surface area contributed by atoms with Crippen molar-refractivity contribution in [3.05, 3.63) is 47.3 Å². The summed E-state index contributed by atoms with van der Waals surface area (Å²) in [6.45, 7) is 1.72. The van der Waals surface area contributed by atoms with Crippen LogP contribution in [0, 0.1) is 6.92 Å². The van der Waals surface area contributed by atoms with Crippen LogP contribution < -0.4 is 0 Å². The van der Waals surface area contributed by atoms with E-state index in [0.717, 1.165) is 49.4 Å². The number of aryl methyl sites for hydroxylation is 1. The number of amides is 1. The predicted octanol–water partition coefficient (Wildman–Crippen LogP) is 4.99.